The molecule has 0 spiro atoms. The lowest BCUT2D eigenvalue weighted by atomic mass is 10.4. The Hall–Kier alpha value is -0.140. The van der Waals surface area contributed by atoms with Gasteiger partial charge in [0.25, 0.3) is 0 Å². The fraction of sp³-hybridized carbons (Fsp3) is 0.400. The molecule has 0 bridgehead atoms. The highest BCUT2D eigenvalue weighted by molar-refractivity contribution is 9.10. The summed E-state index contributed by atoms with van der Waals surface area (Å²) in [6, 6.07) is 4.43. The number of hydrogen-bond donors (Lipinski definition) is 1. The molecule has 0 aliphatic rings. The third-order valence-corrected chi connectivity index (χ3v) is 5.46. The SMILES string of the molecule is CC(CN)N(C)S(=O)(=O)c1cc(Br)ccc1Cl. The van der Waals surface area contributed by atoms with E-state index < -0.39 is 10.0 Å². The standard InChI is InChI=1S/C10H14BrClN2O2S/c1-7(6-13)14(2)17(15,16)10-5-8(11)3-4-9(10)12/h3-5,7H,6,13H2,1-2H3. The van der Waals surface area contributed by atoms with Gasteiger partial charge in [-0.3, -0.25) is 0 Å². The van der Waals surface area contributed by atoms with Crippen LogP contribution >= 0.6 is 27.5 Å². The van der Waals surface area contributed by atoms with Gasteiger partial charge in [0.15, 0.2) is 0 Å². The smallest absolute Gasteiger partial charge is 0.244 e. The van der Waals surface area contributed by atoms with Crippen LogP contribution in [-0.4, -0.2) is 32.4 Å². The molecule has 17 heavy (non-hydrogen) atoms. The van der Waals surface area contributed by atoms with Crippen LogP contribution in [0.25, 0.3) is 0 Å². The molecule has 1 rings (SSSR count). The van der Waals surface area contributed by atoms with Gasteiger partial charge in [-0.1, -0.05) is 27.5 Å². The predicted molar refractivity (Wildman–Crippen MR) is 72.6 cm³/mol. The number of rotatable bonds is 4. The van der Waals surface area contributed by atoms with Crippen LogP contribution in [0.15, 0.2) is 27.6 Å². The van der Waals surface area contributed by atoms with Crippen LogP contribution in [0.4, 0.5) is 0 Å². The third-order valence-electron chi connectivity index (χ3n) is 2.51. The Labute approximate surface area is 115 Å². The molecule has 0 saturated carbocycles. The maximum absolute atomic E-state index is 12.3. The first-order valence-electron chi connectivity index (χ1n) is 4.94. The third kappa shape index (κ3) is 3.20. The summed E-state index contributed by atoms with van der Waals surface area (Å²) in [6.07, 6.45) is 0. The van der Waals surface area contributed by atoms with Gasteiger partial charge in [0, 0.05) is 24.1 Å². The minimum absolute atomic E-state index is 0.0799. The van der Waals surface area contributed by atoms with Crippen LogP contribution < -0.4 is 5.73 Å². The number of nitrogens with zero attached hydrogens (tertiary/aromatic N) is 1. The molecule has 0 saturated heterocycles. The van der Waals surface area contributed by atoms with Gasteiger partial charge in [-0.15, -0.1) is 0 Å². The molecule has 0 amide bonds. The van der Waals surface area contributed by atoms with E-state index in [4.69, 9.17) is 17.3 Å². The molecular weight excluding hydrogens is 328 g/mol. The monoisotopic (exact) mass is 340 g/mol. The summed E-state index contributed by atoms with van der Waals surface area (Å²) in [5.41, 5.74) is 5.47. The lowest BCUT2D eigenvalue weighted by Crippen LogP contribution is -2.39. The molecule has 0 radical (unpaired) electrons. The van der Waals surface area contributed by atoms with Crippen molar-refractivity contribution in [3.05, 3.63) is 27.7 Å². The second kappa shape index (κ2) is 5.67. The van der Waals surface area contributed by atoms with Gasteiger partial charge in [0.1, 0.15) is 4.90 Å². The van der Waals surface area contributed by atoms with Crippen molar-refractivity contribution >= 4 is 37.6 Å². The average Bonchev–Trinajstić information content (AvgIpc) is 2.30. The van der Waals surface area contributed by atoms with Crippen LogP contribution in [0.3, 0.4) is 0 Å². The zero-order valence-electron chi connectivity index (χ0n) is 9.52. The normalized spacial score (nSPS) is 14.0. The van der Waals surface area contributed by atoms with Gasteiger partial charge in [-0.05, 0) is 25.1 Å². The van der Waals surface area contributed by atoms with Crippen molar-refractivity contribution < 1.29 is 8.42 Å². The molecule has 1 aromatic carbocycles. The summed E-state index contributed by atoms with van der Waals surface area (Å²) in [6.45, 7) is 1.99. The van der Waals surface area contributed by atoms with E-state index in [1.54, 1.807) is 19.1 Å². The van der Waals surface area contributed by atoms with Crippen molar-refractivity contribution in [1.82, 2.24) is 4.31 Å². The van der Waals surface area contributed by atoms with Crippen molar-refractivity contribution in [3.63, 3.8) is 0 Å². The summed E-state index contributed by atoms with van der Waals surface area (Å²) in [5, 5.41) is 0.198. The lowest BCUT2D eigenvalue weighted by Gasteiger charge is -2.23. The largest absolute Gasteiger partial charge is 0.329 e. The summed E-state index contributed by atoms with van der Waals surface area (Å²) in [7, 11) is -2.12. The van der Waals surface area contributed by atoms with Gasteiger partial charge >= 0.3 is 0 Å². The van der Waals surface area contributed by atoms with E-state index >= 15 is 0 Å². The Balaban J connectivity index is 3.26. The van der Waals surface area contributed by atoms with Crippen LogP contribution in [0.2, 0.25) is 5.02 Å². The van der Waals surface area contributed by atoms with Crippen LogP contribution in [0, 0.1) is 0 Å². The van der Waals surface area contributed by atoms with E-state index in [9.17, 15) is 8.42 Å². The number of nitrogens with two attached hydrogens (primary N) is 1. The summed E-state index contributed by atoms with van der Waals surface area (Å²) in [5.74, 6) is 0. The molecule has 0 heterocycles. The van der Waals surface area contributed by atoms with Crippen molar-refractivity contribution in [2.45, 2.75) is 17.9 Å². The first kappa shape index (κ1) is 14.9. The van der Waals surface area contributed by atoms with E-state index in [1.165, 1.54) is 17.4 Å². The van der Waals surface area contributed by atoms with Gasteiger partial charge in [-0.25, -0.2) is 8.42 Å². The number of hydrogen-bond acceptors (Lipinski definition) is 3. The fourth-order valence-electron chi connectivity index (χ4n) is 1.22. The van der Waals surface area contributed by atoms with E-state index in [2.05, 4.69) is 15.9 Å². The second-order valence-corrected chi connectivity index (χ2v) is 6.97. The molecule has 1 unspecified atom stereocenters. The van der Waals surface area contributed by atoms with Crippen molar-refractivity contribution in [3.8, 4) is 0 Å². The minimum Gasteiger partial charge on any atom is -0.329 e. The quantitative estimate of drug-likeness (QED) is 0.912. The molecule has 0 aromatic heterocycles. The Kier molecular flexibility index (Phi) is 4.97. The minimum atomic E-state index is -3.61. The zero-order valence-corrected chi connectivity index (χ0v) is 12.7. The van der Waals surface area contributed by atoms with E-state index in [0.29, 0.717) is 4.47 Å². The highest BCUT2D eigenvalue weighted by Gasteiger charge is 2.26. The van der Waals surface area contributed by atoms with E-state index in [-0.39, 0.29) is 22.5 Å². The van der Waals surface area contributed by atoms with E-state index in [0.717, 1.165) is 0 Å². The molecule has 1 aromatic rings. The molecule has 0 fully saturated rings. The lowest BCUT2D eigenvalue weighted by molar-refractivity contribution is 0.394. The number of likely N-dealkylation sites (N-methyl/N-ethyl adjacent to an activating group) is 1. The Bertz CT molecular complexity index is 507. The number of benzene rings is 1. The summed E-state index contributed by atoms with van der Waals surface area (Å²) in [4.78, 5) is 0.0799. The first-order valence-corrected chi connectivity index (χ1v) is 7.55. The topological polar surface area (TPSA) is 63.4 Å². The maximum Gasteiger partial charge on any atom is 0.244 e. The Morgan fingerprint density at radius 2 is 2.12 bits per heavy atom. The number of sulfonamides is 1. The van der Waals surface area contributed by atoms with Crippen molar-refractivity contribution in [2.24, 2.45) is 5.73 Å². The molecular formula is C10H14BrClN2O2S. The van der Waals surface area contributed by atoms with Crippen molar-refractivity contribution in [1.29, 1.82) is 0 Å². The van der Waals surface area contributed by atoms with Crippen LogP contribution in [-0.2, 0) is 10.0 Å². The van der Waals surface area contributed by atoms with Gasteiger partial charge in [0.2, 0.25) is 10.0 Å². The number of halogens is 2. The fourth-order valence-corrected chi connectivity index (χ4v) is 3.60. The highest BCUT2D eigenvalue weighted by Crippen LogP contribution is 2.27. The molecule has 96 valence electrons. The van der Waals surface area contributed by atoms with Gasteiger partial charge in [0.05, 0.1) is 5.02 Å². The molecule has 2 N–H and O–H groups in total. The molecule has 4 nitrogen and oxygen atoms in total. The first-order chi connectivity index (χ1) is 7.80. The molecule has 0 aliphatic carbocycles. The van der Waals surface area contributed by atoms with E-state index in [1.807, 2.05) is 0 Å². The van der Waals surface area contributed by atoms with Crippen molar-refractivity contribution in [2.75, 3.05) is 13.6 Å². The van der Waals surface area contributed by atoms with Gasteiger partial charge < -0.3 is 5.73 Å². The summed E-state index contributed by atoms with van der Waals surface area (Å²) < 4.78 is 26.4. The highest BCUT2D eigenvalue weighted by atomic mass is 79.9. The Morgan fingerprint density at radius 1 is 1.53 bits per heavy atom. The maximum atomic E-state index is 12.3. The second-order valence-electron chi connectivity index (χ2n) is 3.68. The zero-order chi connectivity index (χ0) is 13.2. The summed E-state index contributed by atoms with van der Waals surface area (Å²) >= 11 is 9.14. The Morgan fingerprint density at radius 3 is 2.65 bits per heavy atom. The van der Waals surface area contributed by atoms with Gasteiger partial charge in [-0.2, -0.15) is 4.31 Å². The molecule has 0 aliphatic heterocycles. The van der Waals surface area contributed by atoms with Crippen LogP contribution in [0.5, 0.6) is 0 Å². The molecule has 7 heteroatoms. The average molecular weight is 342 g/mol. The molecule has 1 atom stereocenters. The van der Waals surface area contributed by atoms with Crippen LogP contribution in [0.1, 0.15) is 6.92 Å². The predicted octanol–water partition coefficient (Wildman–Crippen LogP) is 2.07.